The third-order valence-electron chi connectivity index (χ3n) is 2.97. The van der Waals surface area contributed by atoms with E-state index < -0.39 is 0 Å². The molecule has 2 aromatic heterocycles. The van der Waals surface area contributed by atoms with Gasteiger partial charge in [-0.05, 0) is 29.7 Å². The molecule has 0 atom stereocenters. The summed E-state index contributed by atoms with van der Waals surface area (Å²) in [6.45, 7) is 0.478. The number of aromatic amines is 1. The number of fused-ring (bicyclic) bond motifs is 1. The first kappa shape index (κ1) is 11.5. The van der Waals surface area contributed by atoms with Gasteiger partial charge in [-0.1, -0.05) is 18.2 Å². The first-order chi connectivity index (χ1) is 9.33. The maximum atomic E-state index is 11.9. The molecule has 3 aromatic rings. The fourth-order valence-corrected chi connectivity index (χ4v) is 1.99. The van der Waals surface area contributed by atoms with E-state index >= 15 is 0 Å². The molecule has 0 radical (unpaired) electrons. The maximum absolute atomic E-state index is 11.9. The molecule has 0 amide bonds. The number of hydrogen-bond donors (Lipinski definition) is 2. The van der Waals surface area contributed by atoms with Gasteiger partial charge in [0.1, 0.15) is 0 Å². The van der Waals surface area contributed by atoms with Gasteiger partial charge in [0.15, 0.2) is 0 Å². The number of benzene rings is 1. The fourth-order valence-electron chi connectivity index (χ4n) is 1.99. The topological polar surface area (TPSA) is 57.8 Å². The molecule has 94 valence electrons. The zero-order chi connectivity index (χ0) is 13.1. The minimum absolute atomic E-state index is 0.0601. The van der Waals surface area contributed by atoms with Crippen LogP contribution in [0.5, 0.6) is 0 Å². The highest BCUT2D eigenvalue weighted by molar-refractivity contribution is 5.78. The van der Waals surface area contributed by atoms with Crippen LogP contribution in [0, 0.1) is 0 Å². The molecule has 0 fully saturated rings. The minimum atomic E-state index is -0.0601. The molecule has 19 heavy (non-hydrogen) atoms. The number of nitrogens with one attached hydrogen (secondary N) is 2. The standard InChI is InChI=1S/C15H13N3O/c19-15-12(9-17-13-5-3-7-16-10-13)8-11-4-1-2-6-14(11)18-15/h1-8,10,17H,9H2,(H,18,19). The molecule has 0 bridgehead atoms. The molecule has 3 rings (SSSR count). The maximum Gasteiger partial charge on any atom is 0.253 e. The summed E-state index contributed by atoms with van der Waals surface area (Å²) >= 11 is 0. The third-order valence-corrected chi connectivity index (χ3v) is 2.97. The van der Waals surface area contributed by atoms with Crippen molar-refractivity contribution in [1.82, 2.24) is 9.97 Å². The summed E-state index contributed by atoms with van der Waals surface area (Å²) in [5, 5.41) is 4.22. The van der Waals surface area contributed by atoms with Crippen LogP contribution in [-0.4, -0.2) is 9.97 Å². The van der Waals surface area contributed by atoms with Crippen LogP contribution in [0.25, 0.3) is 10.9 Å². The number of rotatable bonds is 3. The lowest BCUT2D eigenvalue weighted by molar-refractivity contribution is 1.08. The Morgan fingerprint density at radius 2 is 2.05 bits per heavy atom. The van der Waals surface area contributed by atoms with E-state index in [-0.39, 0.29) is 5.56 Å². The first-order valence-corrected chi connectivity index (χ1v) is 6.08. The minimum Gasteiger partial charge on any atom is -0.380 e. The van der Waals surface area contributed by atoms with Crippen molar-refractivity contribution >= 4 is 16.6 Å². The number of pyridine rings is 2. The number of anilines is 1. The van der Waals surface area contributed by atoms with E-state index in [9.17, 15) is 4.79 Å². The molecule has 0 saturated carbocycles. The van der Waals surface area contributed by atoms with Gasteiger partial charge in [0.25, 0.3) is 5.56 Å². The van der Waals surface area contributed by atoms with Crippen molar-refractivity contribution < 1.29 is 0 Å². The Hall–Kier alpha value is -2.62. The largest absolute Gasteiger partial charge is 0.380 e. The molecular formula is C15H13N3O. The predicted molar refractivity (Wildman–Crippen MR) is 76.1 cm³/mol. The van der Waals surface area contributed by atoms with Crippen molar-refractivity contribution in [2.75, 3.05) is 5.32 Å². The molecule has 4 heteroatoms. The van der Waals surface area contributed by atoms with Gasteiger partial charge >= 0.3 is 0 Å². The van der Waals surface area contributed by atoms with Gasteiger partial charge in [-0.15, -0.1) is 0 Å². The molecule has 0 saturated heterocycles. The second kappa shape index (κ2) is 4.94. The number of nitrogens with zero attached hydrogens (tertiary/aromatic N) is 1. The average molecular weight is 251 g/mol. The van der Waals surface area contributed by atoms with E-state index in [1.807, 2.05) is 42.5 Å². The van der Waals surface area contributed by atoms with Crippen LogP contribution in [0.2, 0.25) is 0 Å². The van der Waals surface area contributed by atoms with Crippen molar-refractivity contribution in [2.24, 2.45) is 0 Å². The molecule has 2 N–H and O–H groups in total. The van der Waals surface area contributed by atoms with Crippen molar-refractivity contribution in [3.05, 3.63) is 70.8 Å². The highest BCUT2D eigenvalue weighted by Gasteiger charge is 2.02. The van der Waals surface area contributed by atoms with E-state index in [0.717, 1.165) is 16.6 Å². The van der Waals surface area contributed by atoms with Gasteiger partial charge in [0, 0.05) is 30.0 Å². The Kier molecular flexibility index (Phi) is 2.98. The van der Waals surface area contributed by atoms with Crippen molar-refractivity contribution in [2.45, 2.75) is 6.54 Å². The Morgan fingerprint density at radius 1 is 1.16 bits per heavy atom. The lowest BCUT2D eigenvalue weighted by Gasteiger charge is -2.06. The number of H-pyrrole nitrogens is 1. The van der Waals surface area contributed by atoms with Gasteiger partial charge in [0.05, 0.1) is 5.69 Å². The normalized spacial score (nSPS) is 10.5. The Balaban J connectivity index is 1.89. The second-order valence-electron chi connectivity index (χ2n) is 4.31. The van der Waals surface area contributed by atoms with E-state index in [4.69, 9.17) is 0 Å². The van der Waals surface area contributed by atoms with E-state index in [2.05, 4.69) is 15.3 Å². The zero-order valence-electron chi connectivity index (χ0n) is 10.3. The summed E-state index contributed by atoms with van der Waals surface area (Å²) in [5.74, 6) is 0. The lowest BCUT2D eigenvalue weighted by Crippen LogP contribution is -2.15. The molecule has 0 aliphatic carbocycles. The van der Waals surface area contributed by atoms with Gasteiger partial charge < -0.3 is 10.3 Å². The van der Waals surface area contributed by atoms with Crippen LogP contribution >= 0.6 is 0 Å². The molecular weight excluding hydrogens is 238 g/mol. The Labute approximate surface area is 110 Å². The molecule has 0 spiro atoms. The summed E-state index contributed by atoms with van der Waals surface area (Å²) in [5.41, 5.74) is 2.41. The number of aromatic nitrogens is 2. The van der Waals surface area contributed by atoms with Crippen molar-refractivity contribution in [3.63, 3.8) is 0 Å². The van der Waals surface area contributed by atoms with Gasteiger partial charge in [0.2, 0.25) is 0 Å². The van der Waals surface area contributed by atoms with Crippen LogP contribution in [0.1, 0.15) is 5.56 Å². The third kappa shape index (κ3) is 2.47. The highest BCUT2D eigenvalue weighted by atomic mass is 16.1. The highest BCUT2D eigenvalue weighted by Crippen LogP contribution is 2.11. The quantitative estimate of drug-likeness (QED) is 0.752. The van der Waals surface area contributed by atoms with Crippen LogP contribution in [0.4, 0.5) is 5.69 Å². The summed E-state index contributed by atoms with van der Waals surface area (Å²) in [6, 6.07) is 13.4. The van der Waals surface area contributed by atoms with Gasteiger partial charge in [-0.25, -0.2) is 0 Å². The van der Waals surface area contributed by atoms with Crippen LogP contribution in [0.15, 0.2) is 59.7 Å². The monoisotopic (exact) mass is 251 g/mol. The second-order valence-corrected chi connectivity index (χ2v) is 4.31. The SMILES string of the molecule is O=c1[nH]c2ccccc2cc1CNc1cccnc1. The average Bonchev–Trinajstić information content (AvgIpc) is 2.46. The molecule has 0 aliphatic rings. The summed E-state index contributed by atoms with van der Waals surface area (Å²) in [4.78, 5) is 18.8. The molecule has 2 heterocycles. The smallest absolute Gasteiger partial charge is 0.253 e. The van der Waals surface area contributed by atoms with E-state index in [1.54, 1.807) is 12.4 Å². The van der Waals surface area contributed by atoms with E-state index in [1.165, 1.54) is 0 Å². The van der Waals surface area contributed by atoms with Gasteiger partial charge in [-0.2, -0.15) is 0 Å². The zero-order valence-corrected chi connectivity index (χ0v) is 10.3. The lowest BCUT2D eigenvalue weighted by atomic mass is 10.1. The predicted octanol–water partition coefficient (Wildman–Crippen LogP) is 2.54. The summed E-state index contributed by atoms with van der Waals surface area (Å²) in [6.07, 6.45) is 3.45. The number of hydrogen-bond acceptors (Lipinski definition) is 3. The molecule has 4 nitrogen and oxygen atoms in total. The number of para-hydroxylation sites is 1. The van der Waals surface area contributed by atoms with Gasteiger partial charge in [-0.3, -0.25) is 9.78 Å². The van der Waals surface area contributed by atoms with Crippen molar-refractivity contribution in [3.8, 4) is 0 Å². The van der Waals surface area contributed by atoms with Crippen LogP contribution in [-0.2, 0) is 6.54 Å². The molecule has 0 unspecified atom stereocenters. The Morgan fingerprint density at radius 3 is 2.89 bits per heavy atom. The Bertz CT molecular complexity index is 750. The summed E-state index contributed by atoms with van der Waals surface area (Å²) < 4.78 is 0. The summed E-state index contributed by atoms with van der Waals surface area (Å²) in [7, 11) is 0. The van der Waals surface area contributed by atoms with Crippen LogP contribution < -0.4 is 10.9 Å². The van der Waals surface area contributed by atoms with E-state index in [0.29, 0.717) is 12.1 Å². The fraction of sp³-hybridized carbons (Fsp3) is 0.0667. The van der Waals surface area contributed by atoms with Crippen LogP contribution in [0.3, 0.4) is 0 Å². The molecule has 1 aromatic carbocycles. The first-order valence-electron chi connectivity index (χ1n) is 6.08. The molecule has 0 aliphatic heterocycles. The van der Waals surface area contributed by atoms with Crippen molar-refractivity contribution in [1.29, 1.82) is 0 Å².